The Labute approximate surface area is 110 Å². The summed E-state index contributed by atoms with van der Waals surface area (Å²) in [6, 6.07) is 5.14. The van der Waals surface area contributed by atoms with Crippen molar-refractivity contribution in [1.82, 2.24) is 10.2 Å². The predicted octanol–water partition coefficient (Wildman–Crippen LogP) is 0.753. The third-order valence-corrected chi connectivity index (χ3v) is 3.61. The van der Waals surface area contributed by atoms with Gasteiger partial charge in [-0.05, 0) is 17.2 Å². The molecule has 0 aliphatic carbocycles. The summed E-state index contributed by atoms with van der Waals surface area (Å²) in [7, 11) is 1.75. The van der Waals surface area contributed by atoms with E-state index in [4.69, 9.17) is 5.26 Å². The van der Waals surface area contributed by atoms with Gasteiger partial charge in [0.1, 0.15) is 0 Å². The number of carbonyl (C=O) groups excluding carboxylic acids is 2. The number of fused-ring (bicyclic) bond motifs is 1. The van der Waals surface area contributed by atoms with E-state index in [1.54, 1.807) is 11.9 Å². The molecular weight excluding hydrogens is 244 g/mol. The van der Waals surface area contributed by atoms with Crippen LogP contribution in [0.25, 0.3) is 0 Å². The van der Waals surface area contributed by atoms with Crippen LogP contribution in [0.15, 0.2) is 18.2 Å². The molecule has 1 fully saturated rings. The average Bonchev–Trinajstić information content (AvgIpc) is 2.91. The van der Waals surface area contributed by atoms with Crippen LogP contribution in [0, 0.1) is 11.5 Å². The number of hydrogen-bond donors (Lipinski definition) is 1. The molecule has 1 atom stereocenters. The van der Waals surface area contributed by atoms with Crippen molar-refractivity contribution >= 4 is 17.6 Å². The first-order valence-electron chi connectivity index (χ1n) is 5.97. The molecule has 96 valence electrons. The molecule has 3 amide bonds. The maximum Gasteiger partial charge on any atom is 0.331 e. The lowest BCUT2D eigenvalue weighted by atomic mass is 10.0. The van der Waals surface area contributed by atoms with Crippen molar-refractivity contribution in [2.75, 3.05) is 18.5 Å². The molecule has 2 aliphatic heterocycles. The maximum absolute atomic E-state index is 11.6. The smallest absolute Gasteiger partial charge is 0.328 e. The molecule has 0 spiro atoms. The van der Waals surface area contributed by atoms with E-state index in [0.717, 1.165) is 21.7 Å². The van der Waals surface area contributed by atoms with Crippen LogP contribution in [0.3, 0.4) is 0 Å². The van der Waals surface area contributed by atoms with Crippen molar-refractivity contribution < 1.29 is 9.59 Å². The molecule has 3 rings (SSSR count). The number of urea groups is 1. The number of benzene rings is 1. The minimum absolute atomic E-state index is 0.0706. The number of rotatable bonds is 1. The molecule has 2 heterocycles. The highest BCUT2D eigenvalue weighted by molar-refractivity contribution is 6.01. The van der Waals surface area contributed by atoms with Gasteiger partial charge in [-0.25, -0.2) is 9.69 Å². The Kier molecular flexibility index (Phi) is 2.42. The molecule has 0 saturated carbocycles. The summed E-state index contributed by atoms with van der Waals surface area (Å²) in [6.07, 6.45) is 2.23. The van der Waals surface area contributed by atoms with Gasteiger partial charge in [0.15, 0.2) is 6.19 Å². The minimum Gasteiger partial charge on any atom is -0.328 e. The molecule has 1 aromatic rings. The molecule has 2 aliphatic rings. The number of amides is 3. The standard InChI is InChI=1S/C13H12N4O2/c1-16-11-3-2-8(4-9(11)5-12(16)18)10-6-17(7-14)13(19)15-10/h2-4,10H,5-6H2,1H3,(H,15,19). The first kappa shape index (κ1) is 11.5. The second-order valence-electron chi connectivity index (χ2n) is 4.73. The molecule has 1 unspecified atom stereocenters. The zero-order valence-electron chi connectivity index (χ0n) is 10.4. The monoisotopic (exact) mass is 256 g/mol. The Hall–Kier alpha value is -2.55. The van der Waals surface area contributed by atoms with Gasteiger partial charge >= 0.3 is 6.03 Å². The minimum atomic E-state index is -0.374. The number of nitrogens with one attached hydrogen (secondary N) is 1. The van der Waals surface area contributed by atoms with Gasteiger partial charge in [-0.15, -0.1) is 0 Å². The molecular formula is C13H12N4O2. The van der Waals surface area contributed by atoms with E-state index in [9.17, 15) is 9.59 Å². The Morgan fingerprint density at radius 2 is 2.21 bits per heavy atom. The second kappa shape index (κ2) is 3.99. The van der Waals surface area contributed by atoms with Gasteiger partial charge in [0.2, 0.25) is 5.91 Å². The van der Waals surface area contributed by atoms with Crippen LogP contribution in [0.4, 0.5) is 10.5 Å². The van der Waals surface area contributed by atoms with Crippen molar-refractivity contribution in [3.05, 3.63) is 29.3 Å². The third kappa shape index (κ3) is 1.71. The van der Waals surface area contributed by atoms with Crippen molar-refractivity contribution in [2.24, 2.45) is 0 Å². The summed E-state index contributed by atoms with van der Waals surface area (Å²) in [5, 5.41) is 11.5. The highest BCUT2D eigenvalue weighted by atomic mass is 16.2. The highest BCUT2D eigenvalue weighted by Crippen LogP contribution is 2.31. The zero-order chi connectivity index (χ0) is 13.6. The Morgan fingerprint density at radius 3 is 2.89 bits per heavy atom. The van der Waals surface area contributed by atoms with Crippen molar-refractivity contribution in [3.63, 3.8) is 0 Å². The number of nitriles is 1. The molecule has 1 N–H and O–H groups in total. The average molecular weight is 256 g/mol. The molecule has 0 bridgehead atoms. The quantitative estimate of drug-likeness (QED) is 0.753. The van der Waals surface area contributed by atoms with Gasteiger partial charge in [-0.3, -0.25) is 4.79 Å². The van der Waals surface area contributed by atoms with Crippen LogP contribution < -0.4 is 10.2 Å². The van der Waals surface area contributed by atoms with Crippen LogP contribution in [-0.2, 0) is 11.2 Å². The molecule has 6 nitrogen and oxygen atoms in total. The van der Waals surface area contributed by atoms with Crippen LogP contribution in [0.1, 0.15) is 17.2 Å². The lowest BCUT2D eigenvalue weighted by Gasteiger charge is -2.13. The second-order valence-corrected chi connectivity index (χ2v) is 4.73. The van der Waals surface area contributed by atoms with Crippen LogP contribution in [0.2, 0.25) is 0 Å². The van der Waals surface area contributed by atoms with Gasteiger partial charge < -0.3 is 10.2 Å². The number of nitrogens with zero attached hydrogens (tertiary/aromatic N) is 3. The first-order valence-corrected chi connectivity index (χ1v) is 5.97. The predicted molar refractivity (Wildman–Crippen MR) is 67.1 cm³/mol. The molecule has 0 aromatic heterocycles. The van der Waals surface area contributed by atoms with E-state index in [2.05, 4.69) is 5.32 Å². The van der Waals surface area contributed by atoms with E-state index in [1.165, 1.54) is 0 Å². The van der Waals surface area contributed by atoms with Crippen LogP contribution in [0.5, 0.6) is 0 Å². The SMILES string of the molecule is CN1C(=O)Cc2cc(C3CN(C#N)C(=O)N3)ccc21. The topological polar surface area (TPSA) is 76.4 Å². The maximum atomic E-state index is 11.6. The fraction of sp³-hybridized carbons (Fsp3) is 0.308. The summed E-state index contributed by atoms with van der Waals surface area (Å²) in [4.78, 5) is 25.8. The van der Waals surface area contributed by atoms with E-state index in [-0.39, 0.29) is 18.0 Å². The zero-order valence-corrected chi connectivity index (χ0v) is 10.4. The first-order chi connectivity index (χ1) is 9.10. The Bertz CT molecular complexity index is 620. The molecule has 1 aromatic carbocycles. The van der Waals surface area contributed by atoms with Gasteiger partial charge in [-0.2, -0.15) is 5.26 Å². The number of carbonyl (C=O) groups is 2. The molecule has 0 radical (unpaired) electrons. The summed E-state index contributed by atoms with van der Waals surface area (Å²) in [5.41, 5.74) is 2.80. The van der Waals surface area contributed by atoms with Crippen molar-refractivity contribution in [1.29, 1.82) is 5.26 Å². The summed E-state index contributed by atoms with van der Waals surface area (Å²) >= 11 is 0. The largest absolute Gasteiger partial charge is 0.331 e. The van der Waals surface area contributed by atoms with Gasteiger partial charge in [0.05, 0.1) is 19.0 Å². The van der Waals surface area contributed by atoms with E-state index < -0.39 is 0 Å². The molecule has 19 heavy (non-hydrogen) atoms. The normalized spacial score (nSPS) is 21.4. The Balaban J connectivity index is 1.89. The van der Waals surface area contributed by atoms with Crippen LogP contribution >= 0.6 is 0 Å². The number of anilines is 1. The highest BCUT2D eigenvalue weighted by Gasteiger charge is 2.31. The number of likely N-dealkylation sites (N-methyl/N-ethyl adjacent to an activating group) is 1. The van der Waals surface area contributed by atoms with Gasteiger partial charge in [-0.1, -0.05) is 12.1 Å². The van der Waals surface area contributed by atoms with Gasteiger partial charge in [0, 0.05) is 12.7 Å². The van der Waals surface area contributed by atoms with E-state index in [0.29, 0.717) is 13.0 Å². The number of hydrogen-bond acceptors (Lipinski definition) is 3. The van der Waals surface area contributed by atoms with E-state index >= 15 is 0 Å². The molecule has 1 saturated heterocycles. The Morgan fingerprint density at radius 1 is 1.42 bits per heavy atom. The fourth-order valence-corrected chi connectivity index (χ4v) is 2.52. The fourth-order valence-electron chi connectivity index (χ4n) is 2.52. The molecule has 6 heteroatoms. The van der Waals surface area contributed by atoms with Crippen LogP contribution in [-0.4, -0.2) is 30.4 Å². The lowest BCUT2D eigenvalue weighted by molar-refractivity contribution is -0.117. The summed E-state index contributed by atoms with van der Waals surface area (Å²) in [5.74, 6) is 0.0706. The van der Waals surface area contributed by atoms with Crippen molar-refractivity contribution in [2.45, 2.75) is 12.5 Å². The van der Waals surface area contributed by atoms with Crippen molar-refractivity contribution in [3.8, 4) is 6.19 Å². The van der Waals surface area contributed by atoms with Gasteiger partial charge in [0.25, 0.3) is 0 Å². The summed E-state index contributed by atoms with van der Waals surface area (Å²) in [6.45, 7) is 0.331. The van der Waals surface area contributed by atoms with E-state index in [1.807, 2.05) is 24.4 Å². The third-order valence-electron chi connectivity index (χ3n) is 3.61. The lowest BCUT2D eigenvalue weighted by Crippen LogP contribution is -2.23. The summed E-state index contributed by atoms with van der Waals surface area (Å²) < 4.78 is 0.